The van der Waals surface area contributed by atoms with Crippen LogP contribution in [-0.2, 0) is 4.74 Å². The van der Waals surface area contributed by atoms with E-state index in [2.05, 4.69) is 28.3 Å². The lowest BCUT2D eigenvalue weighted by Gasteiger charge is -2.18. The molecule has 1 amide bonds. The highest BCUT2D eigenvalue weighted by atomic mass is 32.1. The molecule has 17 heavy (non-hydrogen) atoms. The van der Waals surface area contributed by atoms with Crippen LogP contribution in [0, 0.1) is 11.5 Å². The summed E-state index contributed by atoms with van der Waals surface area (Å²) in [6, 6.07) is 0. The van der Waals surface area contributed by atoms with Crippen molar-refractivity contribution in [1.29, 1.82) is 0 Å². The molecule has 0 spiro atoms. The number of hydrogen-bond donors (Lipinski definition) is 1. The van der Waals surface area contributed by atoms with Crippen LogP contribution >= 0.6 is 11.3 Å². The fourth-order valence-corrected chi connectivity index (χ4v) is 2.13. The van der Waals surface area contributed by atoms with Crippen LogP contribution in [0.1, 0.15) is 25.6 Å². The number of thiazole rings is 1. The molecule has 1 aromatic rings. The van der Waals surface area contributed by atoms with Crippen LogP contribution in [0.3, 0.4) is 0 Å². The first-order chi connectivity index (χ1) is 7.90. The summed E-state index contributed by atoms with van der Waals surface area (Å²) in [5, 5.41) is 3.10. The average Bonchev–Trinajstić information content (AvgIpc) is 2.59. The molecule has 0 aromatic carbocycles. The van der Waals surface area contributed by atoms with Crippen molar-refractivity contribution in [1.82, 2.24) is 4.98 Å². The molecule has 4 nitrogen and oxygen atoms in total. The van der Waals surface area contributed by atoms with Crippen LogP contribution in [0.5, 0.6) is 0 Å². The molecule has 0 saturated heterocycles. The van der Waals surface area contributed by atoms with Gasteiger partial charge in [-0.25, -0.2) is 9.78 Å². The van der Waals surface area contributed by atoms with Crippen molar-refractivity contribution < 1.29 is 9.53 Å². The van der Waals surface area contributed by atoms with E-state index >= 15 is 0 Å². The van der Waals surface area contributed by atoms with Crippen molar-refractivity contribution >= 4 is 32.1 Å². The largest absolute Gasteiger partial charge is 0.444 e. The summed E-state index contributed by atoms with van der Waals surface area (Å²) in [6.07, 6.45) is 1.17. The second kappa shape index (κ2) is 5.84. The number of carbonyl (C=O) groups is 1. The number of hydrogen-bond acceptors (Lipinski definition) is 4. The highest BCUT2D eigenvalue weighted by Gasteiger charge is 2.16. The molecule has 1 heterocycles. The molecule has 1 N–H and O–H groups in total. The molecule has 0 radical (unpaired) electrons. The van der Waals surface area contributed by atoms with Crippen molar-refractivity contribution in [2.75, 3.05) is 5.32 Å². The molecular formula is C11H16N2O2SSi. The Kier molecular flexibility index (Phi) is 4.72. The van der Waals surface area contributed by atoms with Gasteiger partial charge in [0.05, 0.1) is 11.1 Å². The Hall–Kier alpha value is -1.32. The maximum atomic E-state index is 11.5. The molecule has 0 aliphatic carbocycles. The zero-order chi connectivity index (χ0) is 12.9. The van der Waals surface area contributed by atoms with Crippen molar-refractivity contribution in [2.24, 2.45) is 0 Å². The summed E-state index contributed by atoms with van der Waals surface area (Å²) >= 11 is 1.35. The number of anilines is 1. The van der Waals surface area contributed by atoms with E-state index in [0.29, 0.717) is 5.13 Å². The Morgan fingerprint density at radius 2 is 2.29 bits per heavy atom. The minimum Gasteiger partial charge on any atom is -0.444 e. The summed E-state index contributed by atoms with van der Waals surface area (Å²) in [7, 11) is -0.260. The standard InChI is InChI=1S/C11H16N2O2SSi/c1-11(2,3)15-10(14)13-9-12-7-8(16-9)5-6-17-4/h7H,17H2,1-4H3,(H,12,13,14). The molecule has 0 saturated carbocycles. The number of rotatable bonds is 1. The Bertz CT molecular complexity index is 454. The minimum absolute atomic E-state index is 0.260. The van der Waals surface area contributed by atoms with Crippen LogP contribution in [-0.4, -0.2) is 26.2 Å². The summed E-state index contributed by atoms with van der Waals surface area (Å²) < 4.78 is 5.12. The van der Waals surface area contributed by atoms with Crippen LogP contribution in [0.2, 0.25) is 6.55 Å². The lowest BCUT2D eigenvalue weighted by molar-refractivity contribution is 0.0636. The smallest absolute Gasteiger partial charge is 0.413 e. The SMILES string of the molecule is C[SiH2]C#Cc1cnc(NC(=O)OC(C)(C)C)s1. The third-order valence-corrected chi connectivity index (χ3v) is 2.86. The van der Waals surface area contributed by atoms with Gasteiger partial charge in [-0.3, -0.25) is 5.32 Å². The summed E-state index contributed by atoms with van der Waals surface area (Å²) in [5.41, 5.74) is 2.58. The number of nitrogens with zero attached hydrogens (tertiary/aromatic N) is 1. The van der Waals surface area contributed by atoms with Gasteiger partial charge < -0.3 is 4.74 Å². The molecule has 0 atom stereocenters. The van der Waals surface area contributed by atoms with Crippen LogP contribution in [0.25, 0.3) is 0 Å². The summed E-state index contributed by atoms with van der Waals surface area (Å²) in [5.74, 6) is 3.01. The van der Waals surface area contributed by atoms with Gasteiger partial charge in [0.25, 0.3) is 0 Å². The molecule has 6 heteroatoms. The number of aromatic nitrogens is 1. The monoisotopic (exact) mass is 268 g/mol. The lowest BCUT2D eigenvalue weighted by atomic mass is 10.2. The molecule has 1 aromatic heterocycles. The Labute approximate surface area is 108 Å². The number of ether oxygens (including phenoxy) is 1. The highest BCUT2D eigenvalue weighted by Crippen LogP contribution is 2.18. The topological polar surface area (TPSA) is 51.2 Å². The second-order valence-corrected chi connectivity index (χ2v) is 6.40. The van der Waals surface area contributed by atoms with Crippen molar-refractivity contribution in [2.45, 2.75) is 32.9 Å². The van der Waals surface area contributed by atoms with Gasteiger partial charge in [0.1, 0.15) is 15.1 Å². The van der Waals surface area contributed by atoms with E-state index in [1.54, 1.807) is 6.20 Å². The van der Waals surface area contributed by atoms with Gasteiger partial charge in [-0.15, -0.1) is 5.54 Å². The van der Waals surface area contributed by atoms with E-state index in [0.717, 1.165) is 4.88 Å². The highest BCUT2D eigenvalue weighted by molar-refractivity contribution is 7.16. The third kappa shape index (κ3) is 5.52. The number of amides is 1. The van der Waals surface area contributed by atoms with Gasteiger partial charge in [-0.1, -0.05) is 23.8 Å². The van der Waals surface area contributed by atoms with E-state index in [4.69, 9.17) is 4.74 Å². The maximum Gasteiger partial charge on any atom is 0.413 e. The maximum absolute atomic E-state index is 11.5. The molecule has 92 valence electrons. The Balaban J connectivity index is 2.58. The molecule has 0 bridgehead atoms. The van der Waals surface area contributed by atoms with E-state index in [1.165, 1.54) is 11.3 Å². The summed E-state index contributed by atoms with van der Waals surface area (Å²) in [6.45, 7) is 7.57. The van der Waals surface area contributed by atoms with Gasteiger partial charge in [0.2, 0.25) is 0 Å². The fourth-order valence-electron chi connectivity index (χ4n) is 0.956. The van der Waals surface area contributed by atoms with Gasteiger partial charge in [0.15, 0.2) is 5.13 Å². The molecule has 0 aliphatic rings. The normalized spacial score (nSPS) is 11.1. The average molecular weight is 268 g/mol. The van der Waals surface area contributed by atoms with Crippen LogP contribution in [0.4, 0.5) is 9.93 Å². The Morgan fingerprint density at radius 1 is 1.59 bits per heavy atom. The summed E-state index contributed by atoms with van der Waals surface area (Å²) in [4.78, 5) is 16.4. The molecule has 0 aliphatic heterocycles. The quantitative estimate of drug-likeness (QED) is 0.626. The van der Waals surface area contributed by atoms with Crippen LogP contribution < -0.4 is 5.32 Å². The number of carbonyl (C=O) groups excluding carboxylic acids is 1. The second-order valence-electron chi connectivity index (χ2n) is 4.31. The lowest BCUT2D eigenvalue weighted by Crippen LogP contribution is -2.27. The number of nitrogens with one attached hydrogen (secondary N) is 1. The van der Waals surface area contributed by atoms with E-state index < -0.39 is 11.7 Å². The van der Waals surface area contributed by atoms with E-state index in [9.17, 15) is 4.79 Å². The first-order valence-electron chi connectivity index (χ1n) is 5.35. The third-order valence-electron chi connectivity index (χ3n) is 1.50. The zero-order valence-corrected chi connectivity index (χ0v) is 12.7. The van der Waals surface area contributed by atoms with Gasteiger partial charge in [-0.05, 0) is 20.8 Å². The van der Waals surface area contributed by atoms with E-state index in [-0.39, 0.29) is 9.52 Å². The first-order valence-corrected chi connectivity index (χ1v) is 8.29. The van der Waals surface area contributed by atoms with Crippen molar-refractivity contribution in [3.05, 3.63) is 11.1 Å². The molecule has 0 fully saturated rings. The van der Waals surface area contributed by atoms with Gasteiger partial charge in [0, 0.05) is 0 Å². The first kappa shape index (κ1) is 13.7. The molecular weight excluding hydrogens is 252 g/mol. The minimum atomic E-state index is -0.502. The molecule has 1 rings (SSSR count). The zero-order valence-electron chi connectivity index (χ0n) is 10.5. The predicted octanol–water partition coefficient (Wildman–Crippen LogP) is 2.02. The predicted molar refractivity (Wildman–Crippen MR) is 73.3 cm³/mol. The van der Waals surface area contributed by atoms with E-state index in [1.807, 2.05) is 20.8 Å². The van der Waals surface area contributed by atoms with Gasteiger partial charge >= 0.3 is 6.09 Å². The fraction of sp³-hybridized carbons (Fsp3) is 0.455. The van der Waals surface area contributed by atoms with Crippen LogP contribution in [0.15, 0.2) is 6.20 Å². The molecule has 0 unspecified atom stereocenters. The van der Waals surface area contributed by atoms with Gasteiger partial charge in [-0.2, -0.15) is 0 Å². The Morgan fingerprint density at radius 3 is 2.88 bits per heavy atom. The van der Waals surface area contributed by atoms with Crippen molar-refractivity contribution in [3.8, 4) is 11.5 Å². The van der Waals surface area contributed by atoms with Crippen molar-refractivity contribution in [3.63, 3.8) is 0 Å².